The number of ether oxygens (including phenoxy) is 1. The Bertz CT molecular complexity index is 415. The summed E-state index contributed by atoms with van der Waals surface area (Å²) in [7, 11) is -1.74. The SMILES string of the molecule is CC(C)(C)[Si](C)(C)O[C@@H](CCCBr)COCc1ccccc1. The maximum absolute atomic E-state index is 6.54. The lowest BCUT2D eigenvalue weighted by Gasteiger charge is -2.39. The third-order valence-electron chi connectivity index (χ3n) is 4.34. The van der Waals surface area contributed by atoms with Gasteiger partial charge in [-0.15, -0.1) is 0 Å². The Morgan fingerprint density at radius 1 is 1.14 bits per heavy atom. The van der Waals surface area contributed by atoms with Gasteiger partial charge in [-0.25, -0.2) is 0 Å². The van der Waals surface area contributed by atoms with Gasteiger partial charge in [-0.1, -0.05) is 67.0 Å². The van der Waals surface area contributed by atoms with E-state index in [0.29, 0.717) is 13.2 Å². The van der Waals surface area contributed by atoms with Crippen LogP contribution in [-0.4, -0.2) is 26.4 Å². The zero-order chi connectivity index (χ0) is 16.6. The van der Waals surface area contributed by atoms with Gasteiger partial charge in [-0.3, -0.25) is 0 Å². The summed E-state index contributed by atoms with van der Waals surface area (Å²) in [6, 6.07) is 10.3. The van der Waals surface area contributed by atoms with E-state index in [0.717, 1.165) is 18.2 Å². The Morgan fingerprint density at radius 2 is 1.77 bits per heavy atom. The van der Waals surface area contributed by atoms with Gasteiger partial charge >= 0.3 is 0 Å². The highest BCUT2D eigenvalue weighted by molar-refractivity contribution is 9.09. The first-order valence-electron chi connectivity index (χ1n) is 8.12. The van der Waals surface area contributed by atoms with Crippen LogP contribution in [0.5, 0.6) is 0 Å². The van der Waals surface area contributed by atoms with Gasteiger partial charge in [0.05, 0.1) is 19.3 Å². The molecule has 0 aliphatic carbocycles. The second kappa shape index (κ2) is 9.21. The van der Waals surface area contributed by atoms with Gasteiger partial charge < -0.3 is 9.16 Å². The summed E-state index contributed by atoms with van der Waals surface area (Å²) in [6.07, 6.45) is 2.36. The molecular weight excluding hydrogens is 356 g/mol. The van der Waals surface area contributed by atoms with E-state index in [1.807, 2.05) is 18.2 Å². The highest BCUT2D eigenvalue weighted by Gasteiger charge is 2.39. The van der Waals surface area contributed by atoms with Crippen LogP contribution in [0.1, 0.15) is 39.2 Å². The third-order valence-corrected chi connectivity index (χ3v) is 9.44. The van der Waals surface area contributed by atoms with Crippen LogP contribution < -0.4 is 0 Å². The molecule has 0 heterocycles. The minimum absolute atomic E-state index is 0.196. The number of alkyl halides is 1. The maximum atomic E-state index is 6.54. The van der Waals surface area contributed by atoms with E-state index < -0.39 is 8.32 Å². The van der Waals surface area contributed by atoms with Gasteiger partial charge in [0.2, 0.25) is 0 Å². The fourth-order valence-corrected chi connectivity index (χ4v) is 3.65. The van der Waals surface area contributed by atoms with Gasteiger partial charge in [-0.05, 0) is 36.5 Å². The molecule has 126 valence electrons. The number of hydrogen-bond acceptors (Lipinski definition) is 2. The Hall–Kier alpha value is -0.163. The molecule has 0 saturated heterocycles. The summed E-state index contributed by atoms with van der Waals surface area (Å²) in [5.41, 5.74) is 1.22. The van der Waals surface area contributed by atoms with Gasteiger partial charge in [0.1, 0.15) is 0 Å². The van der Waals surface area contributed by atoms with Crippen molar-refractivity contribution >= 4 is 24.2 Å². The Morgan fingerprint density at radius 3 is 2.32 bits per heavy atom. The molecule has 2 nitrogen and oxygen atoms in total. The summed E-state index contributed by atoms with van der Waals surface area (Å²) < 4.78 is 12.5. The van der Waals surface area contributed by atoms with Crippen molar-refractivity contribution in [2.24, 2.45) is 0 Å². The summed E-state index contributed by atoms with van der Waals surface area (Å²) in [5, 5.41) is 1.25. The van der Waals surface area contributed by atoms with E-state index in [1.54, 1.807) is 0 Å². The number of rotatable bonds is 9. The van der Waals surface area contributed by atoms with Crippen LogP contribution in [0.15, 0.2) is 30.3 Å². The van der Waals surface area contributed by atoms with Crippen LogP contribution in [0.3, 0.4) is 0 Å². The molecule has 0 aliphatic heterocycles. The van der Waals surface area contributed by atoms with E-state index in [4.69, 9.17) is 9.16 Å². The highest BCUT2D eigenvalue weighted by atomic mass is 79.9. The molecule has 0 unspecified atom stereocenters. The molecular formula is C18H31BrO2Si. The molecule has 0 saturated carbocycles. The van der Waals surface area contributed by atoms with Crippen molar-refractivity contribution < 1.29 is 9.16 Å². The molecule has 0 amide bonds. The quantitative estimate of drug-likeness (QED) is 0.396. The standard InChI is InChI=1S/C18H31BrO2Si/c1-18(2,3)22(4,5)21-17(12-9-13-19)15-20-14-16-10-7-6-8-11-16/h6-8,10-11,17H,9,12-15H2,1-5H3/t17-/m0/s1. The van der Waals surface area contributed by atoms with E-state index in [-0.39, 0.29) is 11.1 Å². The Balaban J connectivity index is 2.53. The summed E-state index contributed by atoms with van der Waals surface area (Å²) >= 11 is 3.52. The first-order valence-corrected chi connectivity index (χ1v) is 12.1. The minimum atomic E-state index is -1.74. The van der Waals surface area contributed by atoms with E-state index in [9.17, 15) is 0 Å². The largest absolute Gasteiger partial charge is 0.412 e. The molecule has 1 aromatic rings. The number of halogens is 1. The van der Waals surface area contributed by atoms with Crippen LogP contribution in [0.2, 0.25) is 18.1 Å². The van der Waals surface area contributed by atoms with Crippen molar-refractivity contribution in [2.45, 2.75) is 64.5 Å². The van der Waals surface area contributed by atoms with Crippen LogP contribution in [0.4, 0.5) is 0 Å². The zero-order valence-electron chi connectivity index (χ0n) is 14.7. The average molecular weight is 387 g/mol. The summed E-state index contributed by atoms with van der Waals surface area (Å²) in [4.78, 5) is 0. The first-order chi connectivity index (χ1) is 10.3. The monoisotopic (exact) mass is 386 g/mol. The van der Waals surface area contributed by atoms with Gasteiger partial charge in [0.25, 0.3) is 0 Å². The molecule has 0 spiro atoms. The van der Waals surface area contributed by atoms with Crippen molar-refractivity contribution in [1.82, 2.24) is 0 Å². The Labute approximate surface area is 145 Å². The Kier molecular flexibility index (Phi) is 8.32. The van der Waals surface area contributed by atoms with Crippen LogP contribution in [0, 0.1) is 0 Å². The fraction of sp³-hybridized carbons (Fsp3) is 0.667. The second-order valence-electron chi connectivity index (χ2n) is 7.33. The topological polar surface area (TPSA) is 18.5 Å². The van der Waals surface area contributed by atoms with Crippen LogP contribution in [-0.2, 0) is 15.8 Å². The predicted octanol–water partition coefficient (Wildman–Crippen LogP) is 5.77. The third kappa shape index (κ3) is 6.94. The highest BCUT2D eigenvalue weighted by Crippen LogP contribution is 2.37. The van der Waals surface area contributed by atoms with Crippen molar-refractivity contribution in [3.8, 4) is 0 Å². The van der Waals surface area contributed by atoms with Crippen molar-refractivity contribution in [1.29, 1.82) is 0 Å². The van der Waals surface area contributed by atoms with E-state index >= 15 is 0 Å². The lowest BCUT2D eigenvalue weighted by Crippen LogP contribution is -2.45. The fourth-order valence-electron chi connectivity index (χ4n) is 1.96. The molecule has 1 rings (SSSR count). The first kappa shape index (κ1) is 19.9. The van der Waals surface area contributed by atoms with Crippen molar-refractivity contribution in [3.63, 3.8) is 0 Å². The molecule has 0 fully saturated rings. The molecule has 0 N–H and O–H groups in total. The van der Waals surface area contributed by atoms with Crippen molar-refractivity contribution in [3.05, 3.63) is 35.9 Å². The molecule has 22 heavy (non-hydrogen) atoms. The lowest BCUT2D eigenvalue weighted by molar-refractivity contribution is 0.0304. The van der Waals surface area contributed by atoms with Crippen LogP contribution in [0.25, 0.3) is 0 Å². The average Bonchev–Trinajstić information content (AvgIpc) is 2.44. The zero-order valence-corrected chi connectivity index (χ0v) is 17.3. The van der Waals surface area contributed by atoms with Gasteiger partial charge in [-0.2, -0.15) is 0 Å². The number of hydrogen-bond donors (Lipinski definition) is 0. The lowest BCUT2D eigenvalue weighted by atomic mass is 10.2. The maximum Gasteiger partial charge on any atom is 0.192 e. The van der Waals surface area contributed by atoms with Crippen molar-refractivity contribution in [2.75, 3.05) is 11.9 Å². The summed E-state index contributed by atoms with van der Waals surface area (Å²) in [5.74, 6) is 0. The van der Waals surface area contributed by atoms with E-state index in [1.165, 1.54) is 5.56 Å². The summed E-state index contributed by atoms with van der Waals surface area (Å²) in [6.45, 7) is 12.8. The molecule has 0 bridgehead atoms. The molecule has 0 aliphatic rings. The second-order valence-corrected chi connectivity index (χ2v) is 12.9. The molecule has 1 atom stereocenters. The van der Waals surface area contributed by atoms with Crippen LogP contribution >= 0.6 is 15.9 Å². The predicted molar refractivity (Wildman–Crippen MR) is 101 cm³/mol. The smallest absolute Gasteiger partial charge is 0.192 e. The normalized spacial score (nSPS) is 14.1. The molecule has 1 aromatic carbocycles. The van der Waals surface area contributed by atoms with E-state index in [2.05, 4.69) is 61.9 Å². The molecule has 0 radical (unpaired) electrons. The minimum Gasteiger partial charge on any atom is -0.412 e. The van der Waals surface area contributed by atoms with Gasteiger partial charge in [0, 0.05) is 5.33 Å². The molecule has 0 aromatic heterocycles. The molecule has 4 heteroatoms. The van der Waals surface area contributed by atoms with Gasteiger partial charge in [0.15, 0.2) is 8.32 Å². The number of benzene rings is 1.